The predicted octanol–water partition coefficient (Wildman–Crippen LogP) is 3.25. The van der Waals surface area contributed by atoms with Gasteiger partial charge in [-0.2, -0.15) is 0 Å². The molecule has 2 heterocycles. The minimum Gasteiger partial charge on any atom is -0.421 e. The summed E-state index contributed by atoms with van der Waals surface area (Å²) in [6.07, 6.45) is 0. The molecule has 0 aliphatic carbocycles. The molecule has 0 radical (unpaired) electrons. The second-order valence-corrected chi connectivity index (χ2v) is 7.77. The molecule has 3 aromatic rings. The van der Waals surface area contributed by atoms with Gasteiger partial charge in [-0.15, -0.1) is 10.2 Å². The molecule has 26 heavy (non-hydrogen) atoms. The lowest BCUT2D eigenvalue weighted by Crippen LogP contribution is -2.16. The summed E-state index contributed by atoms with van der Waals surface area (Å²) in [5.41, 5.74) is 2.06. The number of rotatable bonds is 4. The van der Waals surface area contributed by atoms with Crippen LogP contribution in [0.3, 0.4) is 0 Å². The van der Waals surface area contributed by atoms with E-state index in [1.807, 2.05) is 0 Å². The number of benzene rings is 1. The summed E-state index contributed by atoms with van der Waals surface area (Å²) in [7, 11) is -2.35. The number of nitrogens with one attached hydrogen (secondary N) is 1. The zero-order valence-electron chi connectivity index (χ0n) is 15.1. The highest BCUT2D eigenvalue weighted by molar-refractivity contribution is 7.93. The van der Waals surface area contributed by atoms with Crippen molar-refractivity contribution in [1.29, 1.82) is 0 Å². The van der Waals surface area contributed by atoms with Crippen molar-refractivity contribution in [3.63, 3.8) is 0 Å². The van der Waals surface area contributed by atoms with Crippen LogP contribution in [0.25, 0.3) is 11.5 Å². The lowest BCUT2D eigenvalue weighted by atomic mass is 10.2. The van der Waals surface area contributed by atoms with E-state index >= 15 is 0 Å². The van der Waals surface area contributed by atoms with Gasteiger partial charge >= 0.3 is 0 Å². The number of aryl methyl sites for hydroxylation is 2. The van der Waals surface area contributed by atoms with Crippen LogP contribution >= 0.6 is 0 Å². The van der Waals surface area contributed by atoms with Crippen LogP contribution < -0.4 is 4.72 Å². The van der Waals surface area contributed by atoms with Gasteiger partial charge in [0.2, 0.25) is 5.89 Å². The second-order valence-electron chi connectivity index (χ2n) is 6.15. The third-order valence-electron chi connectivity index (χ3n) is 4.30. The fraction of sp³-hybridized carbons (Fsp3) is 0.294. The van der Waals surface area contributed by atoms with Gasteiger partial charge in [-0.3, -0.25) is 4.72 Å². The summed E-state index contributed by atoms with van der Waals surface area (Å²) in [6, 6.07) is 4.23. The first-order valence-electron chi connectivity index (χ1n) is 7.87. The molecular formula is C17H19FN4O3S. The number of hydrogen-bond donors (Lipinski definition) is 1. The Morgan fingerprint density at radius 1 is 1.12 bits per heavy atom. The van der Waals surface area contributed by atoms with Gasteiger partial charge in [-0.1, -0.05) is 6.07 Å². The summed E-state index contributed by atoms with van der Waals surface area (Å²) in [5, 5.41) is 7.72. The quantitative estimate of drug-likeness (QED) is 0.753. The van der Waals surface area contributed by atoms with E-state index in [2.05, 4.69) is 14.9 Å². The van der Waals surface area contributed by atoms with Crippen LogP contribution in [-0.4, -0.2) is 23.2 Å². The van der Waals surface area contributed by atoms with Gasteiger partial charge in [-0.05, 0) is 38.5 Å². The molecule has 0 aliphatic heterocycles. The van der Waals surface area contributed by atoms with Crippen LogP contribution in [0.5, 0.6) is 0 Å². The van der Waals surface area contributed by atoms with E-state index in [-0.39, 0.29) is 16.5 Å². The summed E-state index contributed by atoms with van der Waals surface area (Å²) in [5.74, 6) is -0.226. The molecule has 0 saturated heterocycles. The van der Waals surface area contributed by atoms with Crippen molar-refractivity contribution in [1.82, 2.24) is 14.8 Å². The van der Waals surface area contributed by atoms with Gasteiger partial charge in [0.25, 0.3) is 15.9 Å². The normalized spacial score (nSPS) is 11.8. The molecule has 2 aromatic heterocycles. The third kappa shape index (κ3) is 2.98. The van der Waals surface area contributed by atoms with Gasteiger partial charge in [-0.25, -0.2) is 12.8 Å². The van der Waals surface area contributed by atoms with E-state index in [1.54, 1.807) is 45.4 Å². The molecule has 0 atom stereocenters. The summed E-state index contributed by atoms with van der Waals surface area (Å²) >= 11 is 0. The summed E-state index contributed by atoms with van der Waals surface area (Å²) in [4.78, 5) is -0.0120. The lowest BCUT2D eigenvalue weighted by molar-refractivity contribution is 0.530. The van der Waals surface area contributed by atoms with Crippen molar-refractivity contribution in [2.75, 3.05) is 4.72 Å². The van der Waals surface area contributed by atoms with E-state index < -0.39 is 15.8 Å². The van der Waals surface area contributed by atoms with Gasteiger partial charge in [0.15, 0.2) is 0 Å². The molecular weight excluding hydrogens is 359 g/mol. The second kappa shape index (κ2) is 6.24. The lowest BCUT2D eigenvalue weighted by Gasteiger charge is -2.11. The largest absolute Gasteiger partial charge is 0.421 e. The van der Waals surface area contributed by atoms with E-state index in [4.69, 9.17) is 4.42 Å². The number of hydrogen-bond acceptors (Lipinski definition) is 5. The number of nitrogens with zero attached hydrogens (tertiary/aromatic N) is 3. The fourth-order valence-electron chi connectivity index (χ4n) is 2.81. The van der Waals surface area contributed by atoms with Crippen molar-refractivity contribution in [3.05, 3.63) is 46.9 Å². The highest BCUT2D eigenvalue weighted by Crippen LogP contribution is 2.35. The third-order valence-corrected chi connectivity index (χ3v) is 5.82. The van der Waals surface area contributed by atoms with Crippen molar-refractivity contribution in [2.24, 2.45) is 7.05 Å². The maximum atomic E-state index is 14.1. The van der Waals surface area contributed by atoms with Crippen molar-refractivity contribution in [2.45, 2.75) is 32.6 Å². The standard InChI is InChI=1S/C17H19FN4O3S/c1-9-6-7-13(18)14(8-9)21-26(23,24)16-11(3)22(5)10(2)15(16)17-20-19-12(4)25-17/h6-8,21H,1-5H3. The number of halogens is 1. The minimum absolute atomic E-state index is 0.0120. The molecule has 0 aliphatic rings. The number of sulfonamides is 1. The Bertz CT molecular complexity index is 1100. The van der Waals surface area contributed by atoms with Crippen molar-refractivity contribution in [3.8, 4) is 11.5 Å². The topological polar surface area (TPSA) is 90.0 Å². The maximum Gasteiger partial charge on any atom is 0.264 e. The first-order valence-corrected chi connectivity index (χ1v) is 9.35. The Morgan fingerprint density at radius 2 is 1.81 bits per heavy atom. The highest BCUT2D eigenvalue weighted by Gasteiger charge is 2.31. The molecule has 3 rings (SSSR count). The average molecular weight is 378 g/mol. The molecule has 0 fully saturated rings. The molecule has 0 spiro atoms. The van der Waals surface area contributed by atoms with Gasteiger partial charge < -0.3 is 8.98 Å². The predicted molar refractivity (Wildman–Crippen MR) is 94.9 cm³/mol. The zero-order chi connectivity index (χ0) is 19.2. The first kappa shape index (κ1) is 18.1. The van der Waals surface area contributed by atoms with Crippen LogP contribution in [0.2, 0.25) is 0 Å². The number of aromatic nitrogens is 3. The summed E-state index contributed by atoms with van der Waals surface area (Å²) in [6.45, 7) is 6.80. The highest BCUT2D eigenvalue weighted by atomic mass is 32.2. The van der Waals surface area contributed by atoms with E-state index in [1.165, 1.54) is 12.1 Å². The molecule has 138 valence electrons. The van der Waals surface area contributed by atoms with Crippen LogP contribution in [0.15, 0.2) is 27.5 Å². The fourth-order valence-corrected chi connectivity index (χ4v) is 4.39. The molecule has 1 N–H and O–H groups in total. The van der Waals surface area contributed by atoms with Crippen LogP contribution in [0.1, 0.15) is 22.8 Å². The van der Waals surface area contributed by atoms with Gasteiger partial charge in [0.1, 0.15) is 10.7 Å². The van der Waals surface area contributed by atoms with Crippen molar-refractivity contribution < 1.29 is 17.2 Å². The van der Waals surface area contributed by atoms with E-state index in [0.717, 1.165) is 5.56 Å². The van der Waals surface area contributed by atoms with Crippen LogP contribution in [-0.2, 0) is 17.1 Å². The Labute approximate surface area is 150 Å². The molecule has 0 saturated carbocycles. The minimum atomic E-state index is -4.09. The Morgan fingerprint density at radius 3 is 2.42 bits per heavy atom. The Hall–Kier alpha value is -2.68. The maximum absolute atomic E-state index is 14.1. The molecule has 7 nitrogen and oxygen atoms in total. The van der Waals surface area contributed by atoms with Crippen molar-refractivity contribution >= 4 is 15.7 Å². The molecule has 1 aromatic carbocycles. The molecule has 0 bridgehead atoms. The van der Waals surface area contributed by atoms with Gasteiger partial charge in [0, 0.05) is 25.4 Å². The number of anilines is 1. The van der Waals surface area contributed by atoms with Gasteiger partial charge in [0.05, 0.1) is 11.3 Å². The Balaban J connectivity index is 2.19. The monoisotopic (exact) mass is 378 g/mol. The zero-order valence-corrected chi connectivity index (χ0v) is 15.9. The molecule has 9 heteroatoms. The van der Waals surface area contributed by atoms with E-state index in [9.17, 15) is 12.8 Å². The Kier molecular flexibility index (Phi) is 4.35. The SMILES string of the molecule is Cc1ccc(F)c(NS(=O)(=O)c2c(-c3nnc(C)o3)c(C)n(C)c2C)c1. The van der Waals surface area contributed by atoms with Crippen LogP contribution in [0, 0.1) is 33.5 Å². The first-order chi connectivity index (χ1) is 12.1. The molecule has 0 unspecified atom stereocenters. The molecule has 0 amide bonds. The van der Waals surface area contributed by atoms with Crippen LogP contribution in [0.4, 0.5) is 10.1 Å². The van der Waals surface area contributed by atoms with E-state index in [0.29, 0.717) is 22.8 Å². The average Bonchev–Trinajstić information content (AvgIpc) is 3.08. The smallest absolute Gasteiger partial charge is 0.264 e. The summed E-state index contributed by atoms with van der Waals surface area (Å²) < 4.78 is 49.7.